The van der Waals surface area contributed by atoms with E-state index in [-0.39, 0.29) is 18.0 Å². The number of carbonyl (C=O) groups excluding carboxylic acids is 1. The van der Waals surface area contributed by atoms with Gasteiger partial charge in [0, 0.05) is 7.11 Å². The van der Waals surface area contributed by atoms with Crippen molar-refractivity contribution in [3.8, 4) is 0 Å². The SMILES string of the molecule is CC.CO.O=C1OC2CCCC1C2. The van der Waals surface area contributed by atoms with Gasteiger partial charge in [0.25, 0.3) is 0 Å². The molecule has 3 nitrogen and oxygen atoms in total. The van der Waals surface area contributed by atoms with Gasteiger partial charge in [0.1, 0.15) is 6.10 Å². The molecule has 1 saturated carbocycles. The van der Waals surface area contributed by atoms with E-state index in [0.717, 1.165) is 26.4 Å². The number of carbonyl (C=O) groups is 1. The molecule has 1 aliphatic carbocycles. The Labute approximate surface area is 80.1 Å². The maximum atomic E-state index is 10.8. The molecular formula is C10H20O3. The molecule has 0 aromatic carbocycles. The molecule has 0 amide bonds. The van der Waals surface area contributed by atoms with Crippen molar-refractivity contribution in [3.05, 3.63) is 0 Å². The first-order valence-electron chi connectivity index (χ1n) is 5.01. The number of aliphatic hydroxyl groups excluding tert-OH is 1. The zero-order valence-electron chi connectivity index (χ0n) is 8.75. The van der Waals surface area contributed by atoms with Gasteiger partial charge in [0.15, 0.2) is 0 Å². The fourth-order valence-corrected chi connectivity index (χ4v) is 1.73. The molecule has 1 aliphatic heterocycles. The standard InChI is InChI=1S/C7H10O2.C2H6.CH4O/c8-7-5-2-1-3-6(4-5)9-7;2*1-2/h5-6H,1-4H2;1-2H3;2H,1H3. The number of aliphatic hydroxyl groups is 1. The second-order valence-electron chi connectivity index (χ2n) is 2.92. The number of fused-ring (bicyclic) bond motifs is 2. The van der Waals surface area contributed by atoms with Crippen LogP contribution in [0, 0.1) is 5.92 Å². The summed E-state index contributed by atoms with van der Waals surface area (Å²) in [5.74, 6) is 0.321. The van der Waals surface area contributed by atoms with Crippen molar-refractivity contribution in [2.75, 3.05) is 7.11 Å². The fourth-order valence-electron chi connectivity index (χ4n) is 1.73. The van der Waals surface area contributed by atoms with Crippen LogP contribution in [0.2, 0.25) is 0 Å². The highest BCUT2D eigenvalue weighted by molar-refractivity contribution is 5.74. The van der Waals surface area contributed by atoms with Crippen LogP contribution in [0.15, 0.2) is 0 Å². The zero-order valence-corrected chi connectivity index (χ0v) is 8.75. The van der Waals surface area contributed by atoms with E-state index in [4.69, 9.17) is 9.84 Å². The van der Waals surface area contributed by atoms with Crippen LogP contribution in [0.3, 0.4) is 0 Å². The van der Waals surface area contributed by atoms with E-state index in [2.05, 4.69) is 0 Å². The van der Waals surface area contributed by atoms with E-state index in [1.54, 1.807) is 0 Å². The number of hydrogen-bond donors (Lipinski definition) is 1. The summed E-state index contributed by atoms with van der Waals surface area (Å²) in [6.45, 7) is 4.00. The van der Waals surface area contributed by atoms with Crippen molar-refractivity contribution in [2.45, 2.75) is 45.6 Å². The summed E-state index contributed by atoms with van der Waals surface area (Å²) >= 11 is 0. The van der Waals surface area contributed by atoms with Crippen LogP contribution in [0.1, 0.15) is 39.5 Å². The lowest BCUT2D eigenvalue weighted by atomic mass is 9.90. The molecule has 1 saturated heterocycles. The third-order valence-corrected chi connectivity index (χ3v) is 2.24. The molecule has 0 aromatic heterocycles. The van der Waals surface area contributed by atoms with Crippen LogP contribution >= 0.6 is 0 Å². The largest absolute Gasteiger partial charge is 0.462 e. The van der Waals surface area contributed by atoms with E-state index in [9.17, 15) is 4.79 Å². The normalized spacial score (nSPS) is 29.1. The average molecular weight is 188 g/mol. The van der Waals surface area contributed by atoms with Crippen molar-refractivity contribution in [1.82, 2.24) is 0 Å². The highest BCUT2D eigenvalue weighted by Gasteiger charge is 2.37. The van der Waals surface area contributed by atoms with Crippen LogP contribution in [0.5, 0.6) is 0 Å². The van der Waals surface area contributed by atoms with Gasteiger partial charge < -0.3 is 9.84 Å². The predicted octanol–water partition coefficient (Wildman–Crippen LogP) is 1.74. The van der Waals surface area contributed by atoms with Crippen molar-refractivity contribution in [1.29, 1.82) is 0 Å². The Morgan fingerprint density at radius 2 is 1.92 bits per heavy atom. The summed E-state index contributed by atoms with van der Waals surface area (Å²) < 4.78 is 5.05. The van der Waals surface area contributed by atoms with Gasteiger partial charge in [-0.2, -0.15) is 0 Å². The number of ether oxygens (including phenoxy) is 1. The Kier molecular flexibility index (Phi) is 6.59. The monoisotopic (exact) mass is 188 g/mol. The lowest BCUT2D eigenvalue weighted by Crippen LogP contribution is -2.10. The maximum absolute atomic E-state index is 10.8. The lowest BCUT2D eigenvalue weighted by Gasteiger charge is -2.12. The number of rotatable bonds is 0. The van der Waals surface area contributed by atoms with E-state index < -0.39 is 0 Å². The van der Waals surface area contributed by atoms with Gasteiger partial charge in [-0.3, -0.25) is 4.79 Å². The van der Waals surface area contributed by atoms with Gasteiger partial charge in [0.05, 0.1) is 5.92 Å². The van der Waals surface area contributed by atoms with Gasteiger partial charge in [-0.15, -0.1) is 0 Å². The Morgan fingerprint density at radius 1 is 1.31 bits per heavy atom. The van der Waals surface area contributed by atoms with E-state index in [1.807, 2.05) is 13.8 Å². The molecule has 2 atom stereocenters. The topological polar surface area (TPSA) is 46.5 Å². The highest BCUT2D eigenvalue weighted by Crippen LogP contribution is 2.33. The third-order valence-electron chi connectivity index (χ3n) is 2.24. The summed E-state index contributed by atoms with van der Waals surface area (Å²) in [7, 11) is 1.00. The smallest absolute Gasteiger partial charge is 0.309 e. The number of esters is 1. The van der Waals surface area contributed by atoms with Gasteiger partial charge >= 0.3 is 5.97 Å². The van der Waals surface area contributed by atoms with E-state index >= 15 is 0 Å². The van der Waals surface area contributed by atoms with Gasteiger partial charge in [-0.25, -0.2) is 0 Å². The Balaban J connectivity index is 0.000000322. The van der Waals surface area contributed by atoms with E-state index in [0.29, 0.717) is 0 Å². The van der Waals surface area contributed by atoms with Gasteiger partial charge in [-0.05, 0) is 25.7 Å². The van der Waals surface area contributed by atoms with Gasteiger partial charge in [-0.1, -0.05) is 13.8 Å². The van der Waals surface area contributed by atoms with Crippen LogP contribution in [-0.2, 0) is 9.53 Å². The average Bonchev–Trinajstić information content (AvgIpc) is 2.47. The summed E-state index contributed by atoms with van der Waals surface area (Å²) in [5, 5.41) is 7.00. The molecule has 78 valence electrons. The lowest BCUT2D eigenvalue weighted by molar-refractivity contribution is -0.143. The second kappa shape index (κ2) is 6.89. The van der Waals surface area contributed by atoms with Crippen LogP contribution in [-0.4, -0.2) is 24.3 Å². The molecule has 2 bridgehead atoms. The minimum Gasteiger partial charge on any atom is -0.462 e. The summed E-state index contributed by atoms with van der Waals surface area (Å²) in [5.41, 5.74) is 0. The number of hydrogen-bond acceptors (Lipinski definition) is 3. The molecule has 0 aromatic rings. The summed E-state index contributed by atoms with van der Waals surface area (Å²) in [4.78, 5) is 10.8. The molecule has 0 spiro atoms. The minimum absolute atomic E-state index is 0.0532. The maximum Gasteiger partial charge on any atom is 0.309 e. The molecule has 0 radical (unpaired) electrons. The third kappa shape index (κ3) is 3.35. The molecule has 2 unspecified atom stereocenters. The molecule has 2 rings (SSSR count). The molecule has 1 N–H and O–H groups in total. The van der Waals surface area contributed by atoms with Crippen molar-refractivity contribution in [2.24, 2.45) is 5.92 Å². The van der Waals surface area contributed by atoms with Crippen LogP contribution in [0.4, 0.5) is 0 Å². The predicted molar refractivity (Wildman–Crippen MR) is 51.3 cm³/mol. The highest BCUT2D eigenvalue weighted by atomic mass is 16.6. The Hall–Kier alpha value is -0.570. The van der Waals surface area contributed by atoms with Crippen molar-refractivity contribution >= 4 is 5.97 Å². The second-order valence-corrected chi connectivity index (χ2v) is 2.92. The Bertz CT molecular complexity index is 145. The van der Waals surface area contributed by atoms with E-state index in [1.165, 1.54) is 6.42 Å². The molecule has 2 aliphatic rings. The molecule has 2 fully saturated rings. The first-order chi connectivity index (χ1) is 6.36. The molecular weight excluding hydrogens is 168 g/mol. The van der Waals surface area contributed by atoms with Gasteiger partial charge in [0.2, 0.25) is 0 Å². The quantitative estimate of drug-likeness (QED) is 0.589. The van der Waals surface area contributed by atoms with Crippen molar-refractivity contribution < 1.29 is 14.6 Å². The molecule has 1 heterocycles. The molecule has 3 heteroatoms. The van der Waals surface area contributed by atoms with Crippen molar-refractivity contribution in [3.63, 3.8) is 0 Å². The summed E-state index contributed by atoms with van der Waals surface area (Å²) in [6, 6.07) is 0. The fraction of sp³-hybridized carbons (Fsp3) is 0.900. The van der Waals surface area contributed by atoms with Crippen LogP contribution in [0.25, 0.3) is 0 Å². The first-order valence-corrected chi connectivity index (χ1v) is 5.01. The minimum atomic E-state index is 0.0532. The zero-order chi connectivity index (χ0) is 10.3. The summed E-state index contributed by atoms with van der Waals surface area (Å²) in [6.07, 6.45) is 4.63. The van der Waals surface area contributed by atoms with Crippen LogP contribution < -0.4 is 0 Å². The molecule has 13 heavy (non-hydrogen) atoms. The first kappa shape index (κ1) is 12.4. The Morgan fingerprint density at radius 3 is 2.38 bits per heavy atom.